The Morgan fingerprint density at radius 3 is 1.50 bits per heavy atom. The Morgan fingerprint density at radius 1 is 0.667 bits per heavy atom. The van der Waals surface area contributed by atoms with Gasteiger partial charge < -0.3 is 11.5 Å². The highest BCUT2D eigenvalue weighted by atomic mass is 16.1. The molecule has 0 aliphatic carbocycles. The van der Waals surface area contributed by atoms with E-state index in [1.807, 2.05) is 24.3 Å². The summed E-state index contributed by atoms with van der Waals surface area (Å²) in [4.78, 5) is 12.5. The summed E-state index contributed by atoms with van der Waals surface area (Å²) in [6, 6.07) is 14.6. The SMILES string of the molecule is Nc1ccc2ccc3ccc(N)cc3c(=O)c2c1. The minimum Gasteiger partial charge on any atom is -0.399 e. The van der Waals surface area contributed by atoms with E-state index in [4.69, 9.17) is 11.5 Å². The van der Waals surface area contributed by atoms with Crippen LogP contribution in [0.15, 0.2) is 53.3 Å². The van der Waals surface area contributed by atoms with E-state index in [0.29, 0.717) is 22.1 Å². The quantitative estimate of drug-likeness (QED) is 0.589. The lowest BCUT2D eigenvalue weighted by atomic mass is 10.1. The smallest absolute Gasteiger partial charge is 0.194 e. The lowest BCUT2D eigenvalue weighted by Crippen LogP contribution is -2.00. The topological polar surface area (TPSA) is 69.1 Å². The molecule has 3 aromatic rings. The highest BCUT2D eigenvalue weighted by molar-refractivity contribution is 5.95. The Morgan fingerprint density at radius 2 is 1.06 bits per heavy atom. The molecule has 3 heteroatoms. The first kappa shape index (κ1) is 10.6. The fraction of sp³-hybridized carbons (Fsp3) is 0. The zero-order chi connectivity index (χ0) is 12.7. The van der Waals surface area contributed by atoms with Gasteiger partial charge in [0.1, 0.15) is 0 Å². The van der Waals surface area contributed by atoms with Gasteiger partial charge in [0.05, 0.1) is 0 Å². The van der Waals surface area contributed by atoms with Gasteiger partial charge in [-0.25, -0.2) is 0 Å². The van der Waals surface area contributed by atoms with Crippen molar-refractivity contribution in [2.24, 2.45) is 0 Å². The number of benzene rings is 2. The first-order valence-corrected chi connectivity index (χ1v) is 5.67. The molecule has 0 amide bonds. The molecule has 0 fully saturated rings. The van der Waals surface area contributed by atoms with E-state index in [1.165, 1.54) is 0 Å². The summed E-state index contributed by atoms with van der Waals surface area (Å²) in [5.74, 6) is 0. The number of fused-ring (bicyclic) bond motifs is 2. The van der Waals surface area contributed by atoms with Crippen LogP contribution in [-0.4, -0.2) is 0 Å². The van der Waals surface area contributed by atoms with Crippen molar-refractivity contribution < 1.29 is 0 Å². The highest BCUT2D eigenvalue weighted by Crippen LogP contribution is 2.19. The molecule has 0 aliphatic rings. The van der Waals surface area contributed by atoms with Crippen LogP contribution in [0.3, 0.4) is 0 Å². The zero-order valence-electron chi connectivity index (χ0n) is 9.68. The van der Waals surface area contributed by atoms with Crippen LogP contribution in [0.2, 0.25) is 0 Å². The molecule has 0 aromatic heterocycles. The maximum atomic E-state index is 12.5. The van der Waals surface area contributed by atoms with Gasteiger partial charge in [-0.3, -0.25) is 4.79 Å². The van der Waals surface area contributed by atoms with Gasteiger partial charge in [0.25, 0.3) is 0 Å². The molecule has 0 unspecified atom stereocenters. The summed E-state index contributed by atoms with van der Waals surface area (Å²) in [7, 11) is 0. The molecule has 3 aromatic carbocycles. The van der Waals surface area contributed by atoms with Gasteiger partial charge in [-0.1, -0.05) is 24.3 Å². The maximum absolute atomic E-state index is 12.5. The molecule has 18 heavy (non-hydrogen) atoms. The van der Waals surface area contributed by atoms with Crippen molar-refractivity contribution in [2.75, 3.05) is 11.5 Å². The number of hydrogen-bond acceptors (Lipinski definition) is 3. The summed E-state index contributed by atoms with van der Waals surface area (Å²) >= 11 is 0. The van der Waals surface area contributed by atoms with Crippen molar-refractivity contribution >= 4 is 32.9 Å². The second-order valence-electron chi connectivity index (χ2n) is 4.36. The minimum absolute atomic E-state index is 0.0374. The molecule has 0 heterocycles. The summed E-state index contributed by atoms with van der Waals surface area (Å²) in [6.07, 6.45) is 0. The van der Waals surface area contributed by atoms with Crippen molar-refractivity contribution in [1.29, 1.82) is 0 Å². The molecular weight excluding hydrogens is 224 g/mol. The van der Waals surface area contributed by atoms with Crippen LogP contribution in [0.25, 0.3) is 21.5 Å². The van der Waals surface area contributed by atoms with Crippen LogP contribution >= 0.6 is 0 Å². The van der Waals surface area contributed by atoms with Crippen LogP contribution in [0.4, 0.5) is 11.4 Å². The average Bonchev–Trinajstić information content (AvgIpc) is 2.49. The third-order valence-corrected chi connectivity index (χ3v) is 3.09. The summed E-state index contributed by atoms with van der Waals surface area (Å²) in [6.45, 7) is 0. The van der Waals surface area contributed by atoms with Crippen LogP contribution < -0.4 is 16.9 Å². The van der Waals surface area contributed by atoms with Gasteiger partial charge in [-0.05, 0) is 35.0 Å². The third kappa shape index (κ3) is 1.57. The Labute approximate surface area is 104 Å². The van der Waals surface area contributed by atoms with E-state index >= 15 is 0 Å². The average molecular weight is 236 g/mol. The normalized spacial score (nSPS) is 10.9. The number of hydrogen-bond donors (Lipinski definition) is 2. The largest absolute Gasteiger partial charge is 0.399 e. The first-order valence-electron chi connectivity index (χ1n) is 5.67. The van der Waals surface area contributed by atoms with E-state index in [2.05, 4.69) is 0 Å². The third-order valence-electron chi connectivity index (χ3n) is 3.09. The van der Waals surface area contributed by atoms with Gasteiger partial charge in [0.2, 0.25) is 0 Å². The molecule has 4 N–H and O–H groups in total. The van der Waals surface area contributed by atoms with Crippen LogP contribution in [0, 0.1) is 0 Å². The fourth-order valence-electron chi connectivity index (χ4n) is 2.16. The Bertz CT molecular complexity index is 758. The maximum Gasteiger partial charge on any atom is 0.194 e. The Balaban J connectivity index is 2.62. The number of rotatable bonds is 0. The van der Waals surface area contributed by atoms with Crippen molar-refractivity contribution in [3.05, 3.63) is 58.8 Å². The predicted molar refractivity (Wildman–Crippen MR) is 76.5 cm³/mol. The molecule has 0 bridgehead atoms. The van der Waals surface area contributed by atoms with Crippen LogP contribution in [0.1, 0.15) is 0 Å². The second kappa shape index (κ2) is 3.74. The molecule has 0 saturated heterocycles. The molecule has 3 nitrogen and oxygen atoms in total. The number of anilines is 2. The van der Waals surface area contributed by atoms with E-state index in [0.717, 1.165) is 10.8 Å². The van der Waals surface area contributed by atoms with Crippen molar-refractivity contribution in [2.45, 2.75) is 0 Å². The summed E-state index contributed by atoms with van der Waals surface area (Å²) in [5, 5.41) is 3.00. The summed E-state index contributed by atoms with van der Waals surface area (Å²) in [5.41, 5.74) is 12.6. The molecule has 0 saturated carbocycles. The predicted octanol–water partition coefficient (Wildman–Crippen LogP) is 2.52. The monoisotopic (exact) mass is 236 g/mol. The Hall–Kier alpha value is -2.55. The lowest BCUT2D eigenvalue weighted by molar-refractivity contribution is 1.72. The van der Waals surface area contributed by atoms with Crippen molar-refractivity contribution in [3.63, 3.8) is 0 Å². The van der Waals surface area contributed by atoms with Crippen LogP contribution in [-0.2, 0) is 0 Å². The van der Waals surface area contributed by atoms with E-state index in [9.17, 15) is 4.79 Å². The molecule has 3 rings (SSSR count). The second-order valence-corrected chi connectivity index (χ2v) is 4.36. The molecule has 0 aliphatic heterocycles. The van der Waals surface area contributed by atoms with E-state index in [1.54, 1.807) is 24.3 Å². The Kier molecular flexibility index (Phi) is 2.20. The molecule has 0 radical (unpaired) electrons. The first-order chi connectivity index (χ1) is 8.65. The van der Waals surface area contributed by atoms with Crippen LogP contribution in [0.5, 0.6) is 0 Å². The van der Waals surface area contributed by atoms with Gasteiger partial charge in [-0.15, -0.1) is 0 Å². The van der Waals surface area contributed by atoms with Crippen molar-refractivity contribution in [1.82, 2.24) is 0 Å². The van der Waals surface area contributed by atoms with Gasteiger partial charge >= 0.3 is 0 Å². The molecule has 0 spiro atoms. The highest BCUT2D eigenvalue weighted by Gasteiger charge is 2.03. The lowest BCUT2D eigenvalue weighted by Gasteiger charge is -1.95. The molecular formula is C15H12N2O. The summed E-state index contributed by atoms with van der Waals surface area (Å²) < 4.78 is 0. The number of nitrogens with two attached hydrogens (primary N) is 2. The van der Waals surface area contributed by atoms with E-state index < -0.39 is 0 Å². The zero-order valence-corrected chi connectivity index (χ0v) is 9.68. The van der Waals surface area contributed by atoms with Gasteiger partial charge in [0, 0.05) is 22.1 Å². The van der Waals surface area contributed by atoms with Gasteiger partial charge in [-0.2, -0.15) is 0 Å². The fourth-order valence-corrected chi connectivity index (χ4v) is 2.16. The molecule has 0 atom stereocenters. The number of nitrogen functional groups attached to an aromatic ring is 2. The molecule has 88 valence electrons. The van der Waals surface area contributed by atoms with Gasteiger partial charge in [0.15, 0.2) is 5.43 Å². The standard InChI is InChI=1S/C15H12N2O/c16-11-5-3-9-1-2-10-4-6-12(17)8-14(10)15(18)13(9)7-11/h1-8H,16-17H2. The van der Waals surface area contributed by atoms with Crippen molar-refractivity contribution in [3.8, 4) is 0 Å². The van der Waals surface area contributed by atoms with E-state index in [-0.39, 0.29) is 5.43 Å². The minimum atomic E-state index is -0.0374.